The Labute approximate surface area is 186 Å². The molecule has 3 heterocycles. The number of amides is 2. The molecule has 1 fully saturated rings. The molecule has 2 aliphatic rings. The first-order valence-corrected chi connectivity index (χ1v) is 10.8. The van der Waals surface area contributed by atoms with E-state index in [0.717, 1.165) is 11.4 Å². The van der Waals surface area contributed by atoms with Gasteiger partial charge in [-0.2, -0.15) is 0 Å². The first-order valence-electron chi connectivity index (χ1n) is 9.61. The molecule has 4 rings (SSSR count). The summed E-state index contributed by atoms with van der Waals surface area (Å²) in [5.41, 5.74) is 1.59. The van der Waals surface area contributed by atoms with Crippen LogP contribution in [0.4, 0.5) is 8.78 Å². The van der Waals surface area contributed by atoms with E-state index in [1.54, 1.807) is 23.6 Å². The zero-order valence-corrected chi connectivity index (χ0v) is 18.9. The summed E-state index contributed by atoms with van der Waals surface area (Å²) >= 11 is 8.63. The average Bonchev–Trinajstić information content (AvgIpc) is 3.30. The molecule has 1 saturated heterocycles. The van der Waals surface area contributed by atoms with E-state index in [0.29, 0.717) is 24.3 Å². The number of rotatable bonds is 4. The summed E-state index contributed by atoms with van der Waals surface area (Å²) in [6.07, 6.45) is 0.771. The maximum absolute atomic E-state index is 14.6. The summed E-state index contributed by atoms with van der Waals surface area (Å²) in [5.74, 6) is -1.79. The monoisotopic (exact) mass is 498 g/mol. The highest BCUT2D eigenvalue weighted by Gasteiger charge is 2.33. The lowest BCUT2D eigenvalue weighted by molar-refractivity contribution is -0.126. The van der Waals surface area contributed by atoms with Crippen LogP contribution in [0.2, 0.25) is 0 Å². The van der Waals surface area contributed by atoms with Crippen molar-refractivity contribution in [3.8, 4) is 0 Å². The molecular weight excluding hydrogens is 478 g/mol. The standard InChI is InChI=1S/C20H21BrF2N4O2S/c1-25-9-11(6-17(25)29)24-16(28)7-14-15-5-10(8-27(15)20(30)26(14)2)18-13(22)4-3-12(21)19(18)23/h3-4,10-11H,5-9H2,1-2H3,(H,24,28)/t10-,11+/m1/s1. The van der Waals surface area contributed by atoms with Gasteiger partial charge in [0.25, 0.3) is 0 Å². The number of imidazole rings is 1. The third-order valence-corrected chi connectivity index (χ3v) is 7.05. The van der Waals surface area contributed by atoms with Crippen molar-refractivity contribution in [2.24, 2.45) is 7.05 Å². The second-order valence-electron chi connectivity index (χ2n) is 7.92. The Bertz CT molecular complexity index is 1110. The van der Waals surface area contributed by atoms with Gasteiger partial charge in [0.05, 0.1) is 16.9 Å². The van der Waals surface area contributed by atoms with E-state index in [4.69, 9.17) is 12.2 Å². The van der Waals surface area contributed by atoms with Gasteiger partial charge in [-0.25, -0.2) is 8.78 Å². The summed E-state index contributed by atoms with van der Waals surface area (Å²) < 4.78 is 33.4. The first kappa shape index (κ1) is 21.2. The van der Waals surface area contributed by atoms with Gasteiger partial charge in [-0.1, -0.05) is 0 Å². The molecule has 1 aromatic heterocycles. The number of nitrogens with one attached hydrogen (secondary N) is 1. The number of carbonyl (C=O) groups is 2. The van der Waals surface area contributed by atoms with Gasteiger partial charge in [0, 0.05) is 56.5 Å². The van der Waals surface area contributed by atoms with E-state index in [1.165, 1.54) is 12.1 Å². The van der Waals surface area contributed by atoms with Crippen LogP contribution in [-0.2, 0) is 36.0 Å². The van der Waals surface area contributed by atoms with Crippen LogP contribution in [0.25, 0.3) is 0 Å². The molecule has 160 valence electrons. The van der Waals surface area contributed by atoms with Crippen LogP contribution in [0.15, 0.2) is 16.6 Å². The largest absolute Gasteiger partial charge is 0.351 e. The van der Waals surface area contributed by atoms with Crippen LogP contribution < -0.4 is 5.32 Å². The molecule has 2 aliphatic heterocycles. The van der Waals surface area contributed by atoms with Crippen molar-refractivity contribution < 1.29 is 18.4 Å². The number of nitrogens with zero attached hydrogens (tertiary/aromatic N) is 3. The van der Waals surface area contributed by atoms with Crippen molar-refractivity contribution in [3.63, 3.8) is 0 Å². The Morgan fingerprint density at radius 3 is 2.67 bits per heavy atom. The molecule has 2 aromatic rings. The maximum Gasteiger partial charge on any atom is 0.226 e. The van der Waals surface area contributed by atoms with Crippen LogP contribution in [-0.4, -0.2) is 45.5 Å². The van der Waals surface area contributed by atoms with Crippen LogP contribution in [0, 0.1) is 16.4 Å². The number of carbonyl (C=O) groups excluding carboxylic acids is 2. The van der Waals surface area contributed by atoms with Crippen LogP contribution in [0.3, 0.4) is 0 Å². The molecule has 2 atom stereocenters. The summed E-state index contributed by atoms with van der Waals surface area (Å²) in [5, 5.41) is 2.90. The van der Waals surface area contributed by atoms with Gasteiger partial charge in [-0.15, -0.1) is 0 Å². The SMILES string of the molecule is CN1C[C@@H](NC(=O)Cc2c3n(c(=S)n2C)C[C@H](c2c(F)ccc(Br)c2F)C3)CC1=O. The number of hydrogen-bond donors (Lipinski definition) is 1. The Hall–Kier alpha value is -2.07. The minimum Gasteiger partial charge on any atom is -0.351 e. The molecule has 10 heteroatoms. The van der Waals surface area contributed by atoms with E-state index in [2.05, 4.69) is 21.2 Å². The second-order valence-corrected chi connectivity index (χ2v) is 9.14. The van der Waals surface area contributed by atoms with Crippen molar-refractivity contribution in [2.75, 3.05) is 13.6 Å². The van der Waals surface area contributed by atoms with Crippen molar-refractivity contribution in [2.45, 2.75) is 37.8 Å². The Morgan fingerprint density at radius 1 is 1.27 bits per heavy atom. The van der Waals surface area contributed by atoms with Gasteiger partial charge in [0.15, 0.2) is 4.77 Å². The molecule has 0 bridgehead atoms. The van der Waals surface area contributed by atoms with Crippen LogP contribution >= 0.6 is 28.1 Å². The molecule has 0 radical (unpaired) electrons. The fraction of sp³-hybridized carbons (Fsp3) is 0.450. The highest BCUT2D eigenvalue weighted by Crippen LogP contribution is 2.37. The highest BCUT2D eigenvalue weighted by molar-refractivity contribution is 9.10. The molecule has 0 spiro atoms. The fourth-order valence-corrected chi connectivity index (χ4v) is 5.06. The number of benzene rings is 1. The molecule has 0 unspecified atom stereocenters. The highest BCUT2D eigenvalue weighted by atomic mass is 79.9. The number of hydrogen-bond acceptors (Lipinski definition) is 3. The van der Waals surface area contributed by atoms with Crippen LogP contribution in [0.5, 0.6) is 0 Å². The van der Waals surface area contributed by atoms with Crippen LogP contribution in [0.1, 0.15) is 29.3 Å². The van der Waals surface area contributed by atoms with Gasteiger partial charge >= 0.3 is 0 Å². The van der Waals surface area contributed by atoms with E-state index >= 15 is 0 Å². The molecule has 1 N–H and O–H groups in total. The summed E-state index contributed by atoms with van der Waals surface area (Å²) in [7, 11) is 3.50. The number of halogens is 3. The van der Waals surface area contributed by atoms with Crippen molar-refractivity contribution >= 4 is 40.0 Å². The lowest BCUT2D eigenvalue weighted by Gasteiger charge is -2.15. The van der Waals surface area contributed by atoms with Gasteiger partial charge in [0.1, 0.15) is 11.6 Å². The molecule has 30 heavy (non-hydrogen) atoms. The first-order chi connectivity index (χ1) is 14.2. The molecular formula is C20H21BrF2N4O2S. The summed E-state index contributed by atoms with van der Waals surface area (Å²) in [4.78, 5) is 25.9. The predicted octanol–water partition coefficient (Wildman–Crippen LogP) is 2.83. The Morgan fingerprint density at radius 2 is 2.00 bits per heavy atom. The fourth-order valence-electron chi connectivity index (χ4n) is 4.42. The van der Waals surface area contributed by atoms with E-state index in [-0.39, 0.29) is 40.7 Å². The minimum absolute atomic E-state index is 0.00405. The smallest absolute Gasteiger partial charge is 0.226 e. The third-order valence-electron chi connectivity index (χ3n) is 5.95. The Kier molecular flexibility index (Phi) is 5.56. The van der Waals surface area contributed by atoms with E-state index in [1.807, 2.05) is 4.57 Å². The van der Waals surface area contributed by atoms with Crippen molar-refractivity contribution in [1.29, 1.82) is 0 Å². The minimum atomic E-state index is -0.602. The van der Waals surface area contributed by atoms with Crippen molar-refractivity contribution in [3.05, 3.63) is 50.0 Å². The molecule has 2 amide bonds. The molecule has 6 nitrogen and oxygen atoms in total. The Balaban J connectivity index is 1.56. The van der Waals surface area contributed by atoms with E-state index in [9.17, 15) is 18.4 Å². The molecule has 0 saturated carbocycles. The van der Waals surface area contributed by atoms with Crippen molar-refractivity contribution in [1.82, 2.24) is 19.4 Å². The number of fused-ring (bicyclic) bond motifs is 1. The normalized spacial score (nSPS) is 20.7. The maximum atomic E-state index is 14.6. The zero-order valence-electron chi connectivity index (χ0n) is 16.5. The number of likely N-dealkylation sites (N-methyl/N-ethyl adjacent to an activating group) is 1. The third kappa shape index (κ3) is 3.60. The molecule has 1 aromatic carbocycles. The lowest BCUT2D eigenvalue weighted by Crippen LogP contribution is -2.37. The quantitative estimate of drug-likeness (QED) is 0.520. The van der Waals surface area contributed by atoms with Gasteiger partial charge < -0.3 is 19.4 Å². The van der Waals surface area contributed by atoms with Gasteiger partial charge in [-0.3, -0.25) is 9.59 Å². The molecule has 0 aliphatic carbocycles. The summed E-state index contributed by atoms with van der Waals surface area (Å²) in [6.45, 7) is 0.843. The zero-order chi connectivity index (χ0) is 21.7. The topological polar surface area (TPSA) is 59.3 Å². The average molecular weight is 499 g/mol. The predicted molar refractivity (Wildman–Crippen MR) is 113 cm³/mol. The lowest BCUT2D eigenvalue weighted by atomic mass is 9.95. The second kappa shape index (κ2) is 7.88. The number of aromatic nitrogens is 2. The van der Waals surface area contributed by atoms with Gasteiger partial charge in [0.2, 0.25) is 11.8 Å². The number of likely N-dealkylation sites (tertiary alicyclic amines) is 1. The summed E-state index contributed by atoms with van der Waals surface area (Å²) in [6, 6.07) is 2.39. The van der Waals surface area contributed by atoms with Gasteiger partial charge in [-0.05, 0) is 46.7 Å². The van der Waals surface area contributed by atoms with E-state index < -0.39 is 17.6 Å².